The molecule has 0 bridgehead atoms. The maximum atomic E-state index is 13.5. The van der Waals surface area contributed by atoms with Crippen LogP contribution in [0.4, 0.5) is 40.6 Å². The Morgan fingerprint density at radius 3 is 1.76 bits per heavy atom. The van der Waals surface area contributed by atoms with Gasteiger partial charge in [-0.15, -0.1) is 0 Å². The average Bonchev–Trinajstić information content (AvgIpc) is 4.11. The molecule has 5 heterocycles. The number of aromatic nitrogens is 8. The normalized spacial score (nSPS) is 10.7. The van der Waals surface area contributed by atoms with Gasteiger partial charge < -0.3 is 59.8 Å². The van der Waals surface area contributed by atoms with Crippen molar-refractivity contribution in [3.8, 4) is 0 Å². The number of hydrogen-bond acceptors (Lipinski definition) is 12. The first kappa shape index (κ1) is 50.3. The molecule has 5 rings (SSSR count). The van der Waals surface area contributed by atoms with Gasteiger partial charge >= 0.3 is 5.97 Å². The van der Waals surface area contributed by atoms with Gasteiger partial charge in [0.05, 0.1) is 17.8 Å². The second-order valence-corrected chi connectivity index (χ2v) is 15.4. The molecule has 0 unspecified atom stereocenters. The predicted molar refractivity (Wildman–Crippen MR) is 246 cm³/mol. The number of rotatable bonds is 25. The Hall–Kier alpha value is -8.74. The molecule has 27 heteroatoms. The summed E-state index contributed by atoms with van der Waals surface area (Å²) in [6, 6.07) is 3.11. The summed E-state index contributed by atoms with van der Waals surface area (Å²) >= 11 is 0. The highest BCUT2D eigenvalue weighted by Crippen LogP contribution is 2.23. The SMILES string of the molecule is Cn1cc(NC(=O)c2nccn2C)cc1NC(=O)CCC(=O)Nc1cn(C)c(C(=O)Nc2cc(NC(=O)CCC(=O)Nc3cn(C)c(NC(=O)CCC(=O)O)n3)n(CCCCCCN=[N+]=[N-])c2)n1. The van der Waals surface area contributed by atoms with E-state index in [1.54, 1.807) is 72.6 Å². The minimum Gasteiger partial charge on any atom is -0.481 e. The van der Waals surface area contributed by atoms with Crippen LogP contribution in [-0.2, 0) is 63.5 Å². The number of carboxylic acids is 1. The van der Waals surface area contributed by atoms with Crippen molar-refractivity contribution in [1.29, 1.82) is 0 Å². The first-order chi connectivity index (χ1) is 32.5. The summed E-state index contributed by atoms with van der Waals surface area (Å²) in [4.78, 5) is 115. The number of carboxylic acid groups (broad SMARTS) is 1. The van der Waals surface area contributed by atoms with Crippen molar-refractivity contribution < 1.29 is 43.5 Å². The van der Waals surface area contributed by atoms with Crippen molar-refractivity contribution in [2.75, 3.05) is 43.8 Å². The molecule has 0 saturated heterocycles. The number of nitrogens with zero attached hydrogens (tertiary/aromatic N) is 11. The van der Waals surface area contributed by atoms with Crippen LogP contribution in [0.3, 0.4) is 0 Å². The Labute approximate surface area is 387 Å². The van der Waals surface area contributed by atoms with Gasteiger partial charge in [-0.25, -0.2) is 9.97 Å². The van der Waals surface area contributed by atoms with Crippen LogP contribution in [0, 0.1) is 0 Å². The van der Waals surface area contributed by atoms with Gasteiger partial charge in [0.2, 0.25) is 41.3 Å². The van der Waals surface area contributed by atoms with Crippen LogP contribution in [0.15, 0.2) is 54.4 Å². The number of azide groups is 1. The summed E-state index contributed by atoms with van der Waals surface area (Å²) in [6.07, 6.45) is 10.8. The predicted octanol–water partition coefficient (Wildman–Crippen LogP) is 3.92. The van der Waals surface area contributed by atoms with Crippen LogP contribution in [0.1, 0.15) is 85.4 Å². The zero-order chi connectivity index (χ0) is 49.3. The number of hydrogen-bond donors (Lipinski definition) is 8. The highest BCUT2D eigenvalue weighted by molar-refractivity contribution is 6.04. The second-order valence-electron chi connectivity index (χ2n) is 15.4. The number of aryl methyl sites for hydroxylation is 5. The number of carbonyl (C=O) groups excluding carboxylic acids is 7. The number of imidazole rings is 3. The van der Waals surface area contributed by atoms with E-state index >= 15 is 0 Å². The topological polar surface area (TPSA) is 353 Å². The monoisotopic (exact) mass is 940 g/mol. The van der Waals surface area contributed by atoms with Crippen molar-refractivity contribution in [3.05, 3.63) is 71.4 Å². The lowest BCUT2D eigenvalue weighted by Crippen LogP contribution is -2.19. The number of aliphatic carboxylic acids is 1. The highest BCUT2D eigenvalue weighted by Gasteiger charge is 2.20. The molecule has 0 atom stereocenters. The first-order valence-corrected chi connectivity index (χ1v) is 21.2. The zero-order valence-electron chi connectivity index (χ0n) is 37.7. The fraction of sp³-hybridized carbons (Fsp3) is 0.390. The maximum Gasteiger partial charge on any atom is 0.303 e. The Kier molecular flexibility index (Phi) is 17.7. The lowest BCUT2D eigenvalue weighted by Gasteiger charge is -2.10. The van der Waals surface area contributed by atoms with Crippen LogP contribution in [-0.4, -0.2) is 96.8 Å². The van der Waals surface area contributed by atoms with Gasteiger partial charge in [-0.3, -0.25) is 43.7 Å². The van der Waals surface area contributed by atoms with Gasteiger partial charge in [0.1, 0.15) is 11.6 Å². The van der Waals surface area contributed by atoms with E-state index in [-0.39, 0.29) is 67.8 Å². The van der Waals surface area contributed by atoms with E-state index in [2.05, 4.69) is 62.2 Å². The largest absolute Gasteiger partial charge is 0.481 e. The van der Waals surface area contributed by atoms with E-state index in [0.29, 0.717) is 48.9 Å². The van der Waals surface area contributed by atoms with Crippen LogP contribution < -0.4 is 37.2 Å². The highest BCUT2D eigenvalue weighted by atomic mass is 16.4. The molecule has 27 nitrogen and oxygen atoms in total. The fourth-order valence-electron chi connectivity index (χ4n) is 6.51. The first-order valence-electron chi connectivity index (χ1n) is 21.2. The summed E-state index contributed by atoms with van der Waals surface area (Å²) < 4.78 is 7.74. The Morgan fingerprint density at radius 2 is 1.13 bits per heavy atom. The van der Waals surface area contributed by atoms with E-state index in [9.17, 15) is 38.4 Å². The minimum atomic E-state index is -1.12. The number of anilines is 7. The Morgan fingerprint density at radius 1 is 0.588 bits per heavy atom. The molecule has 0 radical (unpaired) electrons. The van der Waals surface area contributed by atoms with E-state index in [1.807, 2.05) is 0 Å². The summed E-state index contributed by atoms with van der Waals surface area (Å²) in [6.45, 7) is 0.817. The third-order valence-corrected chi connectivity index (χ3v) is 9.91. The molecule has 5 aromatic rings. The maximum absolute atomic E-state index is 13.5. The Bertz CT molecular complexity index is 2720. The average molecular weight is 941 g/mol. The van der Waals surface area contributed by atoms with Gasteiger partial charge in [-0.1, -0.05) is 18.0 Å². The molecule has 0 spiro atoms. The van der Waals surface area contributed by atoms with Crippen molar-refractivity contribution >= 4 is 87.9 Å². The number of nitrogens with one attached hydrogen (secondary N) is 7. The van der Waals surface area contributed by atoms with Crippen LogP contribution in [0.5, 0.6) is 0 Å². The Balaban J connectivity index is 1.13. The lowest BCUT2D eigenvalue weighted by atomic mass is 10.2. The third-order valence-electron chi connectivity index (χ3n) is 9.91. The van der Waals surface area contributed by atoms with Crippen LogP contribution >= 0.6 is 0 Å². The van der Waals surface area contributed by atoms with Gasteiger partial charge in [0, 0.05) is 128 Å². The molecular formula is C41H52N18O9. The van der Waals surface area contributed by atoms with E-state index < -0.39 is 47.3 Å². The van der Waals surface area contributed by atoms with Gasteiger partial charge in [-0.05, 0) is 18.4 Å². The van der Waals surface area contributed by atoms with Crippen molar-refractivity contribution in [1.82, 2.24) is 37.8 Å². The van der Waals surface area contributed by atoms with Crippen LogP contribution in [0.2, 0.25) is 0 Å². The summed E-state index contributed by atoms with van der Waals surface area (Å²) in [5.41, 5.74) is 9.26. The molecule has 0 fully saturated rings. The van der Waals surface area contributed by atoms with Gasteiger partial charge in [0.25, 0.3) is 11.8 Å². The standard InChI is InChI=1S/C41H52N18O9/c1-55-18-16-43-37(55)39(67)45-25-19-29(56(2)21-25)51-33(62)11-9-31(60)47-27-23-57(3)38(49-27)40(68)46-26-20-30(59(22-26)17-8-6-5-7-15-44-54-42)52-34(63)12-10-32(61)48-28-24-58(4)41(50-28)53-35(64)13-14-36(65)66/h16,18-24H,5-15,17H2,1-4H3,(H,45,67)(H,46,68)(H,47,60)(H,48,61)(H,51,62)(H,52,63)(H,65,66)(H,50,53,64). The van der Waals surface area contributed by atoms with Crippen molar-refractivity contribution in [2.24, 2.45) is 33.3 Å². The quantitative estimate of drug-likeness (QED) is 0.0179. The van der Waals surface area contributed by atoms with E-state index in [1.165, 1.54) is 27.7 Å². The molecule has 68 heavy (non-hydrogen) atoms. The number of carbonyl (C=O) groups is 8. The van der Waals surface area contributed by atoms with Gasteiger partial charge in [0.15, 0.2) is 17.5 Å². The molecule has 360 valence electrons. The molecule has 7 amide bonds. The molecule has 0 aromatic carbocycles. The molecule has 0 saturated carbocycles. The molecule has 0 aliphatic heterocycles. The van der Waals surface area contributed by atoms with E-state index in [4.69, 9.17) is 10.6 Å². The number of amides is 7. The van der Waals surface area contributed by atoms with Crippen LogP contribution in [0.25, 0.3) is 10.4 Å². The smallest absolute Gasteiger partial charge is 0.303 e. The summed E-state index contributed by atoms with van der Waals surface area (Å²) in [5.74, 6) is -3.64. The fourth-order valence-corrected chi connectivity index (χ4v) is 6.51. The molecule has 0 aliphatic carbocycles. The van der Waals surface area contributed by atoms with Gasteiger partial charge in [-0.2, -0.15) is 4.98 Å². The summed E-state index contributed by atoms with van der Waals surface area (Å²) in [5, 5.41) is 30.9. The number of unbranched alkanes of at least 4 members (excludes halogenated alkanes) is 3. The summed E-state index contributed by atoms with van der Waals surface area (Å²) in [7, 11) is 6.49. The van der Waals surface area contributed by atoms with Crippen molar-refractivity contribution in [3.63, 3.8) is 0 Å². The van der Waals surface area contributed by atoms with Crippen molar-refractivity contribution in [2.45, 2.75) is 70.8 Å². The lowest BCUT2D eigenvalue weighted by molar-refractivity contribution is -0.138. The molecule has 8 N–H and O–H groups in total. The zero-order valence-corrected chi connectivity index (χ0v) is 37.7. The molecular weight excluding hydrogens is 889 g/mol. The second kappa shape index (κ2) is 24.0. The molecule has 5 aromatic heterocycles. The molecule has 0 aliphatic rings. The minimum absolute atomic E-state index is 0.0578. The third kappa shape index (κ3) is 15.2. The van der Waals surface area contributed by atoms with E-state index in [0.717, 1.165) is 12.8 Å².